The lowest BCUT2D eigenvalue weighted by atomic mass is 10.1. The largest absolute Gasteiger partial charge is 0.432 e. The number of ether oxygens (including phenoxy) is 1. The Morgan fingerprint density at radius 3 is 2.00 bits per heavy atom. The molecule has 110 valence electrons. The molecule has 0 heterocycles. The molecule has 0 bridgehead atoms. The highest BCUT2D eigenvalue weighted by molar-refractivity contribution is 6.71. The molecule has 0 aliphatic rings. The molecule has 0 amide bonds. The fraction of sp³-hybridized carbons (Fsp3) is 1.00. The molecule has 1 N–H and O–H groups in total. The van der Waals surface area contributed by atoms with Crippen molar-refractivity contribution in [3.8, 4) is 0 Å². The highest BCUT2D eigenvalue weighted by atomic mass is 28.4. The maximum Gasteiger partial charge on any atom is 0.185 e. The van der Waals surface area contributed by atoms with E-state index in [-0.39, 0.29) is 0 Å². The van der Waals surface area contributed by atoms with Crippen molar-refractivity contribution >= 4 is 8.32 Å². The summed E-state index contributed by atoms with van der Waals surface area (Å²) in [6, 6.07) is 2.05. The number of rotatable bonds is 11. The van der Waals surface area contributed by atoms with Crippen LogP contribution in [0.1, 0.15) is 53.4 Å². The van der Waals surface area contributed by atoms with Crippen molar-refractivity contribution in [1.82, 2.24) is 0 Å². The standard InChI is InChI=1S/C15H34O2Si/c1-14(2)8-6-12-18(5,16)13-7-10-17-11-9-15(3)4/h14-16H,6-13H2,1-5H3. The van der Waals surface area contributed by atoms with Crippen LogP contribution in [0.3, 0.4) is 0 Å². The van der Waals surface area contributed by atoms with Gasteiger partial charge in [0.05, 0.1) is 0 Å². The molecule has 0 saturated carbocycles. The fourth-order valence-corrected chi connectivity index (χ4v) is 4.11. The lowest BCUT2D eigenvalue weighted by Gasteiger charge is -2.20. The molecule has 0 aromatic carbocycles. The van der Waals surface area contributed by atoms with Crippen LogP contribution >= 0.6 is 0 Å². The fourth-order valence-electron chi connectivity index (χ4n) is 1.99. The van der Waals surface area contributed by atoms with E-state index in [1.165, 1.54) is 12.8 Å². The zero-order valence-corrected chi connectivity index (χ0v) is 14.2. The van der Waals surface area contributed by atoms with Gasteiger partial charge in [0.1, 0.15) is 0 Å². The zero-order valence-electron chi connectivity index (χ0n) is 13.2. The monoisotopic (exact) mass is 274 g/mol. The van der Waals surface area contributed by atoms with Gasteiger partial charge in [-0.1, -0.05) is 40.5 Å². The Balaban J connectivity index is 3.46. The van der Waals surface area contributed by atoms with Crippen LogP contribution in [0.15, 0.2) is 0 Å². The van der Waals surface area contributed by atoms with E-state index in [4.69, 9.17) is 4.74 Å². The smallest absolute Gasteiger partial charge is 0.185 e. The Kier molecular flexibility index (Phi) is 10.1. The van der Waals surface area contributed by atoms with Gasteiger partial charge in [0.15, 0.2) is 8.32 Å². The summed E-state index contributed by atoms with van der Waals surface area (Å²) in [6.07, 6.45) is 4.60. The van der Waals surface area contributed by atoms with Crippen molar-refractivity contribution in [3.63, 3.8) is 0 Å². The highest BCUT2D eigenvalue weighted by Gasteiger charge is 2.23. The quantitative estimate of drug-likeness (QED) is 0.446. The van der Waals surface area contributed by atoms with Crippen LogP contribution in [0.2, 0.25) is 18.6 Å². The summed E-state index contributed by atoms with van der Waals surface area (Å²) in [5.74, 6) is 1.48. The molecular formula is C15H34O2Si. The first-order valence-electron chi connectivity index (χ1n) is 7.63. The average molecular weight is 275 g/mol. The van der Waals surface area contributed by atoms with Gasteiger partial charge in [-0.2, -0.15) is 0 Å². The molecule has 0 spiro atoms. The van der Waals surface area contributed by atoms with E-state index in [1.54, 1.807) is 0 Å². The van der Waals surface area contributed by atoms with Gasteiger partial charge in [-0.05, 0) is 43.3 Å². The number of hydrogen-bond acceptors (Lipinski definition) is 2. The molecule has 1 unspecified atom stereocenters. The van der Waals surface area contributed by atoms with Crippen LogP contribution in [0.4, 0.5) is 0 Å². The molecule has 0 radical (unpaired) electrons. The van der Waals surface area contributed by atoms with Crippen LogP contribution < -0.4 is 0 Å². The molecule has 0 aliphatic carbocycles. The third-order valence-corrected chi connectivity index (χ3v) is 6.20. The molecule has 0 fully saturated rings. The van der Waals surface area contributed by atoms with Crippen molar-refractivity contribution in [2.24, 2.45) is 11.8 Å². The Hall–Kier alpha value is 0.137. The van der Waals surface area contributed by atoms with Gasteiger partial charge in [0.2, 0.25) is 0 Å². The van der Waals surface area contributed by atoms with Gasteiger partial charge >= 0.3 is 0 Å². The molecule has 18 heavy (non-hydrogen) atoms. The van der Waals surface area contributed by atoms with Gasteiger partial charge in [-0.3, -0.25) is 0 Å². The first-order chi connectivity index (χ1) is 8.33. The van der Waals surface area contributed by atoms with E-state index in [0.29, 0.717) is 0 Å². The van der Waals surface area contributed by atoms with E-state index < -0.39 is 8.32 Å². The summed E-state index contributed by atoms with van der Waals surface area (Å²) in [5, 5.41) is 0. The van der Waals surface area contributed by atoms with Crippen molar-refractivity contribution in [2.45, 2.75) is 72.0 Å². The van der Waals surface area contributed by atoms with Crippen LogP contribution in [-0.4, -0.2) is 26.3 Å². The molecule has 1 atom stereocenters. The van der Waals surface area contributed by atoms with E-state index in [0.717, 1.165) is 50.0 Å². The topological polar surface area (TPSA) is 29.5 Å². The molecule has 3 heteroatoms. The minimum atomic E-state index is -1.93. The predicted molar refractivity (Wildman–Crippen MR) is 82.4 cm³/mol. The van der Waals surface area contributed by atoms with Crippen molar-refractivity contribution in [1.29, 1.82) is 0 Å². The summed E-state index contributed by atoms with van der Waals surface area (Å²) >= 11 is 0. The summed E-state index contributed by atoms with van der Waals surface area (Å²) in [4.78, 5) is 10.4. The minimum absolute atomic E-state index is 0.721. The van der Waals surface area contributed by atoms with Crippen molar-refractivity contribution in [3.05, 3.63) is 0 Å². The second-order valence-corrected chi connectivity index (χ2v) is 10.7. The van der Waals surface area contributed by atoms with E-state index >= 15 is 0 Å². The SMILES string of the molecule is CC(C)CCC[Si](C)(O)CCCOCCC(C)C. The third-order valence-electron chi connectivity index (χ3n) is 3.34. The van der Waals surface area contributed by atoms with Crippen molar-refractivity contribution in [2.75, 3.05) is 13.2 Å². The lowest BCUT2D eigenvalue weighted by molar-refractivity contribution is 0.123. The summed E-state index contributed by atoms with van der Waals surface area (Å²) in [5.41, 5.74) is 0. The Labute approximate surface area is 115 Å². The van der Waals surface area contributed by atoms with E-state index in [2.05, 4.69) is 34.2 Å². The Morgan fingerprint density at radius 1 is 0.889 bits per heavy atom. The maximum absolute atomic E-state index is 10.4. The molecule has 0 rings (SSSR count). The van der Waals surface area contributed by atoms with Crippen LogP contribution in [0.5, 0.6) is 0 Å². The second-order valence-electron chi connectivity index (χ2n) is 6.68. The zero-order chi connectivity index (χ0) is 14.0. The first-order valence-corrected chi connectivity index (χ1v) is 10.5. The Bertz CT molecular complexity index is 191. The summed E-state index contributed by atoms with van der Waals surface area (Å²) in [6.45, 7) is 12.7. The lowest BCUT2D eigenvalue weighted by Crippen LogP contribution is -2.30. The predicted octanol–water partition coefficient (Wildman–Crippen LogP) is 4.44. The average Bonchev–Trinajstić information content (AvgIpc) is 2.21. The maximum atomic E-state index is 10.4. The van der Waals surface area contributed by atoms with Gasteiger partial charge < -0.3 is 9.53 Å². The normalized spacial score (nSPS) is 15.3. The molecule has 0 saturated heterocycles. The third kappa shape index (κ3) is 12.6. The minimum Gasteiger partial charge on any atom is -0.432 e. The first kappa shape index (κ1) is 18.1. The Morgan fingerprint density at radius 2 is 1.44 bits per heavy atom. The molecule has 0 aliphatic heterocycles. The van der Waals surface area contributed by atoms with Crippen LogP contribution in [0, 0.1) is 11.8 Å². The summed E-state index contributed by atoms with van der Waals surface area (Å²) < 4.78 is 5.59. The van der Waals surface area contributed by atoms with E-state index in [9.17, 15) is 4.80 Å². The molecule has 0 aromatic rings. The molecular weight excluding hydrogens is 240 g/mol. The number of hydrogen-bond donors (Lipinski definition) is 1. The van der Waals surface area contributed by atoms with Gasteiger partial charge in [-0.25, -0.2) is 0 Å². The highest BCUT2D eigenvalue weighted by Crippen LogP contribution is 2.19. The second kappa shape index (κ2) is 9.99. The van der Waals surface area contributed by atoms with Gasteiger partial charge in [-0.15, -0.1) is 0 Å². The van der Waals surface area contributed by atoms with Crippen LogP contribution in [-0.2, 0) is 4.74 Å². The van der Waals surface area contributed by atoms with Crippen LogP contribution in [0.25, 0.3) is 0 Å². The van der Waals surface area contributed by atoms with Gasteiger partial charge in [0.25, 0.3) is 0 Å². The molecule has 0 aromatic heterocycles. The van der Waals surface area contributed by atoms with Gasteiger partial charge in [0, 0.05) is 13.2 Å². The summed E-state index contributed by atoms with van der Waals surface area (Å²) in [7, 11) is -1.93. The van der Waals surface area contributed by atoms with E-state index in [1.807, 2.05) is 0 Å². The molecule has 2 nitrogen and oxygen atoms in total. The van der Waals surface area contributed by atoms with Crippen molar-refractivity contribution < 1.29 is 9.53 Å².